The molecule has 0 unspecified atom stereocenters. The molecule has 84 valence electrons. The largest absolute Gasteiger partial charge is 0.238 e. The van der Waals surface area contributed by atoms with Crippen LogP contribution < -0.4 is 5.14 Å². The molecule has 0 bridgehead atoms. The molecule has 5 heteroatoms. The average molecular weight is 300 g/mol. The van der Waals surface area contributed by atoms with Crippen molar-refractivity contribution in [3.63, 3.8) is 0 Å². The summed E-state index contributed by atoms with van der Waals surface area (Å²) in [5.41, 5.74) is 0.660. The van der Waals surface area contributed by atoms with Crippen LogP contribution in [0.15, 0.2) is 39.7 Å². The molecule has 0 aliphatic carbocycles. The molecule has 2 aromatic rings. The second kappa shape index (κ2) is 3.84. The summed E-state index contributed by atoms with van der Waals surface area (Å²) in [5.74, 6) is 0. The van der Waals surface area contributed by atoms with Crippen molar-refractivity contribution >= 4 is 36.7 Å². The maximum absolute atomic E-state index is 11.3. The number of benzene rings is 2. The highest BCUT2D eigenvalue weighted by Crippen LogP contribution is 2.25. The quantitative estimate of drug-likeness (QED) is 0.880. The molecule has 2 rings (SSSR count). The van der Waals surface area contributed by atoms with E-state index in [0.717, 1.165) is 15.2 Å². The number of sulfonamides is 1. The van der Waals surface area contributed by atoms with E-state index in [4.69, 9.17) is 5.14 Å². The molecule has 3 nitrogen and oxygen atoms in total. The van der Waals surface area contributed by atoms with E-state index in [-0.39, 0.29) is 4.90 Å². The highest BCUT2D eigenvalue weighted by molar-refractivity contribution is 9.10. The number of hydrogen-bond acceptors (Lipinski definition) is 2. The summed E-state index contributed by atoms with van der Waals surface area (Å²) in [6.45, 7) is 1.74. The second-order valence-corrected chi connectivity index (χ2v) is 6.10. The zero-order chi connectivity index (χ0) is 11.9. The van der Waals surface area contributed by atoms with Crippen molar-refractivity contribution in [1.82, 2.24) is 0 Å². The van der Waals surface area contributed by atoms with E-state index in [1.807, 2.05) is 24.3 Å². The van der Waals surface area contributed by atoms with Gasteiger partial charge in [-0.15, -0.1) is 0 Å². The molecule has 0 saturated carbocycles. The molecule has 0 atom stereocenters. The van der Waals surface area contributed by atoms with E-state index in [0.29, 0.717) is 5.56 Å². The fraction of sp³-hybridized carbons (Fsp3) is 0.0909. The molecule has 0 aliphatic rings. The fourth-order valence-corrected chi connectivity index (χ4v) is 2.85. The number of primary sulfonamides is 1. The Morgan fingerprint density at radius 3 is 2.44 bits per heavy atom. The first-order chi connectivity index (χ1) is 7.38. The first-order valence-electron chi connectivity index (χ1n) is 4.60. The van der Waals surface area contributed by atoms with Gasteiger partial charge >= 0.3 is 0 Å². The molecule has 2 N–H and O–H groups in total. The number of hydrogen-bond donors (Lipinski definition) is 1. The first kappa shape index (κ1) is 11.6. The van der Waals surface area contributed by atoms with Crippen molar-refractivity contribution in [2.75, 3.05) is 0 Å². The van der Waals surface area contributed by atoms with Crippen LogP contribution in [0.2, 0.25) is 0 Å². The molecule has 0 aliphatic heterocycles. The smallest absolute Gasteiger partial charge is 0.225 e. The lowest BCUT2D eigenvalue weighted by Gasteiger charge is -2.06. The van der Waals surface area contributed by atoms with Crippen molar-refractivity contribution in [3.8, 4) is 0 Å². The van der Waals surface area contributed by atoms with Gasteiger partial charge in [0, 0.05) is 4.47 Å². The molecule has 0 saturated heterocycles. The Morgan fingerprint density at radius 1 is 1.12 bits per heavy atom. The third-order valence-corrected chi connectivity index (χ3v) is 3.95. The lowest BCUT2D eigenvalue weighted by atomic mass is 10.1. The van der Waals surface area contributed by atoms with E-state index in [1.165, 1.54) is 0 Å². The molecule has 0 radical (unpaired) electrons. The third kappa shape index (κ3) is 2.11. The number of rotatable bonds is 1. The Morgan fingerprint density at radius 2 is 1.81 bits per heavy atom. The number of aryl methyl sites for hydroxylation is 1. The standard InChI is InChI=1S/C11H10BrNO2S/c1-7-4-9-5-10(12)3-2-8(9)6-11(7)16(13,14)15/h2-6H,1H3,(H2,13,14,15). The van der Waals surface area contributed by atoms with E-state index < -0.39 is 10.0 Å². The SMILES string of the molecule is Cc1cc2cc(Br)ccc2cc1S(N)(=O)=O. The van der Waals surface area contributed by atoms with Crippen molar-refractivity contribution in [2.24, 2.45) is 5.14 Å². The summed E-state index contributed by atoms with van der Waals surface area (Å²) >= 11 is 3.37. The van der Waals surface area contributed by atoms with Crippen LogP contribution in [0.5, 0.6) is 0 Å². The summed E-state index contributed by atoms with van der Waals surface area (Å²) in [6, 6.07) is 9.08. The van der Waals surface area contributed by atoms with Gasteiger partial charge in [-0.1, -0.05) is 28.1 Å². The average Bonchev–Trinajstić information content (AvgIpc) is 2.14. The summed E-state index contributed by atoms with van der Waals surface area (Å²) in [6.07, 6.45) is 0. The second-order valence-electron chi connectivity index (χ2n) is 3.65. The van der Waals surface area contributed by atoms with Gasteiger partial charge < -0.3 is 0 Å². The molecule has 0 fully saturated rings. The van der Waals surface area contributed by atoms with Crippen molar-refractivity contribution in [3.05, 3.63) is 40.4 Å². The maximum atomic E-state index is 11.3. The molecular formula is C11H10BrNO2S. The van der Waals surface area contributed by atoms with Crippen molar-refractivity contribution < 1.29 is 8.42 Å². The summed E-state index contributed by atoms with van der Waals surface area (Å²) < 4.78 is 23.6. The van der Waals surface area contributed by atoms with E-state index >= 15 is 0 Å². The van der Waals surface area contributed by atoms with Gasteiger partial charge in [0.2, 0.25) is 10.0 Å². The molecule has 0 amide bonds. The van der Waals surface area contributed by atoms with Crippen LogP contribution in [0.4, 0.5) is 0 Å². The fourth-order valence-electron chi connectivity index (χ4n) is 1.67. The predicted octanol–water partition coefficient (Wildman–Crippen LogP) is 2.56. The zero-order valence-corrected chi connectivity index (χ0v) is 11.0. The van der Waals surface area contributed by atoms with Gasteiger partial charge in [-0.3, -0.25) is 0 Å². The van der Waals surface area contributed by atoms with Crippen molar-refractivity contribution in [1.29, 1.82) is 0 Å². The highest BCUT2D eigenvalue weighted by Gasteiger charge is 2.12. The van der Waals surface area contributed by atoms with Gasteiger partial charge in [0.05, 0.1) is 4.90 Å². The van der Waals surface area contributed by atoms with Crippen LogP contribution >= 0.6 is 15.9 Å². The van der Waals surface area contributed by atoms with Gasteiger partial charge in [0.25, 0.3) is 0 Å². The number of halogens is 1. The minimum absolute atomic E-state index is 0.183. The van der Waals surface area contributed by atoms with Gasteiger partial charge in [-0.05, 0) is 41.5 Å². The summed E-state index contributed by atoms with van der Waals surface area (Å²) in [4.78, 5) is 0.183. The van der Waals surface area contributed by atoms with Crippen LogP contribution in [0.25, 0.3) is 10.8 Å². The van der Waals surface area contributed by atoms with E-state index in [9.17, 15) is 8.42 Å². The Hall–Kier alpha value is -0.910. The molecular weight excluding hydrogens is 290 g/mol. The zero-order valence-electron chi connectivity index (χ0n) is 8.57. The Bertz CT molecular complexity index is 665. The van der Waals surface area contributed by atoms with E-state index in [2.05, 4.69) is 15.9 Å². The minimum Gasteiger partial charge on any atom is -0.225 e. The molecule has 16 heavy (non-hydrogen) atoms. The van der Waals surface area contributed by atoms with Gasteiger partial charge in [0.15, 0.2) is 0 Å². The minimum atomic E-state index is -3.65. The third-order valence-electron chi connectivity index (χ3n) is 2.40. The normalized spacial score (nSPS) is 11.9. The van der Waals surface area contributed by atoms with Crippen LogP contribution in [0.3, 0.4) is 0 Å². The number of fused-ring (bicyclic) bond motifs is 1. The van der Waals surface area contributed by atoms with Gasteiger partial charge in [-0.25, -0.2) is 13.6 Å². The van der Waals surface area contributed by atoms with Crippen LogP contribution in [-0.2, 0) is 10.0 Å². The number of nitrogens with two attached hydrogens (primary N) is 1. The lowest BCUT2D eigenvalue weighted by Crippen LogP contribution is -2.13. The van der Waals surface area contributed by atoms with Crippen LogP contribution in [-0.4, -0.2) is 8.42 Å². The van der Waals surface area contributed by atoms with Gasteiger partial charge in [-0.2, -0.15) is 0 Å². The maximum Gasteiger partial charge on any atom is 0.238 e. The van der Waals surface area contributed by atoms with Crippen LogP contribution in [0.1, 0.15) is 5.56 Å². The topological polar surface area (TPSA) is 60.2 Å². The highest BCUT2D eigenvalue weighted by atomic mass is 79.9. The summed E-state index contributed by atoms with van der Waals surface area (Å²) in [7, 11) is -3.65. The van der Waals surface area contributed by atoms with Crippen molar-refractivity contribution in [2.45, 2.75) is 11.8 Å². The monoisotopic (exact) mass is 299 g/mol. The van der Waals surface area contributed by atoms with Gasteiger partial charge in [0.1, 0.15) is 0 Å². The molecule has 0 heterocycles. The Labute approximate surface area is 102 Å². The summed E-state index contributed by atoms with van der Waals surface area (Å²) in [5, 5.41) is 6.99. The van der Waals surface area contributed by atoms with Crippen LogP contribution in [0, 0.1) is 6.92 Å². The van der Waals surface area contributed by atoms with E-state index in [1.54, 1.807) is 13.0 Å². The molecule has 0 aromatic heterocycles. The molecule has 0 spiro atoms. The Kier molecular flexibility index (Phi) is 2.77. The lowest BCUT2D eigenvalue weighted by molar-refractivity contribution is 0.597. The first-order valence-corrected chi connectivity index (χ1v) is 6.94. The molecule has 2 aromatic carbocycles. The Balaban J connectivity index is 2.83. The predicted molar refractivity (Wildman–Crippen MR) is 67.8 cm³/mol.